The van der Waals surface area contributed by atoms with E-state index >= 15 is 0 Å². The van der Waals surface area contributed by atoms with Crippen molar-refractivity contribution >= 4 is 11.6 Å². The minimum absolute atomic E-state index is 0.0222. The summed E-state index contributed by atoms with van der Waals surface area (Å²) in [6.45, 7) is 11.2. The molecule has 0 N–H and O–H groups in total. The molecule has 1 aromatic carbocycles. The first-order valence-electron chi connectivity index (χ1n) is 13.0. The van der Waals surface area contributed by atoms with Gasteiger partial charge in [-0.15, -0.1) is 0 Å². The van der Waals surface area contributed by atoms with Crippen molar-refractivity contribution in [2.75, 3.05) is 33.7 Å². The van der Waals surface area contributed by atoms with Crippen LogP contribution in [0.2, 0.25) is 0 Å². The summed E-state index contributed by atoms with van der Waals surface area (Å²) < 4.78 is 2.03. The van der Waals surface area contributed by atoms with Crippen LogP contribution in [0.15, 0.2) is 36.7 Å². The second-order valence-electron chi connectivity index (χ2n) is 10.7. The highest BCUT2D eigenvalue weighted by Crippen LogP contribution is 2.26. The number of nitriles is 1. The van der Waals surface area contributed by atoms with E-state index in [1.54, 1.807) is 6.20 Å². The molecule has 0 aliphatic heterocycles. The Kier molecular flexibility index (Phi) is 9.60. The lowest BCUT2D eigenvalue weighted by Gasteiger charge is -2.24. The van der Waals surface area contributed by atoms with Gasteiger partial charge in [-0.1, -0.05) is 39.8 Å². The molecule has 0 spiro atoms. The van der Waals surface area contributed by atoms with Crippen molar-refractivity contribution in [2.45, 2.75) is 53.4 Å². The van der Waals surface area contributed by atoms with E-state index in [4.69, 9.17) is 4.98 Å². The van der Waals surface area contributed by atoms with E-state index in [-0.39, 0.29) is 5.91 Å². The third kappa shape index (κ3) is 7.14. The molecule has 1 amide bonds. The molecule has 0 saturated carbocycles. The van der Waals surface area contributed by atoms with E-state index in [2.05, 4.69) is 57.7 Å². The largest absolute Gasteiger partial charge is 0.337 e. The van der Waals surface area contributed by atoms with Crippen molar-refractivity contribution in [1.29, 1.82) is 5.26 Å². The second-order valence-corrected chi connectivity index (χ2v) is 10.7. The van der Waals surface area contributed by atoms with Gasteiger partial charge >= 0.3 is 0 Å². The van der Waals surface area contributed by atoms with Crippen LogP contribution in [0.3, 0.4) is 0 Å². The summed E-state index contributed by atoms with van der Waals surface area (Å²) in [7, 11) is 4.14. The van der Waals surface area contributed by atoms with E-state index < -0.39 is 0 Å². The van der Waals surface area contributed by atoms with Gasteiger partial charge in [0.05, 0.1) is 29.2 Å². The summed E-state index contributed by atoms with van der Waals surface area (Å²) >= 11 is 0. The van der Waals surface area contributed by atoms with E-state index in [1.165, 1.54) is 0 Å². The molecule has 3 aromatic rings. The molecule has 0 unspecified atom stereocenters. The van der Waals surface area contributed by atoms with Crippen molar-refractivity contribution < 1.29 is 4.79 Å². The van der Waals surface area contributed by atoms with Gasteiger partial charge in [0.1, 0.15) is 5.69 Å². The van der Waals surface area contributed by atoms with Gasteiger partial charge in [-0.3, -0.25) is 9.20 Å². The number of hydrogen-bond donors (Lipinski definition) is 0. The van der Waals surface area contributed by atoms with Crippen molar-refractivity contribution in [1.82, 2.24) is 24.2 Å². The fraction of sp³-hybridized carbons (Fsp3) is 0.517. The quantitative estimate of drug-likeness (QED) is 0.346. The van der Waals surface area contributed by atoms with E-state index in [0.29, 0.717) is 23.1 Å². The molecule has 192 valence electrons. The zero-order chi connectivity index (χ0) is 26.2. The van der Waals surface area contributed by atoms with Crippen LogP contribution in [0.1, 0.15) is 68.7 Å². The van der Waals surface area contributed by atoms with Crippen LogP contribution >= 0.6 is 0 Å². The van der Waals surface area contributed by atoms with Crippen molar-refractivity contribution in [3.63, 3.8) is 0 Å². The summed E-state index contributed by atoms with van der Waals surface area (Å²) in [6.07, 6.45) is 7.28. The Balaban J connectivity index is 2.00. The molecule has 2 heterocycles. The summed E-state index contributed by atoms with van der Waals surface area (Å²) in [4.78, 5) is 27.1. The van der Waals surface area contributed by atoms with Crippen LogP contribution in [-0.4, -0.2) is 63.8 Å². The van der Waals surface area contributed by atoms with Gasteiger partial charge in [-0.2, -0.15) is 5.26 Å². The van der Waals surface area contributed by atoms with E-state index in [9.17, 15) is 10.1 Å². The van der Waals surface area contributed by atoms with Crippen molar-refractivity contribution in [2.24, 2.45) is 11.8 Å². The van der Waals surface area contributed by atoms with Gasteiger partial charge in [0.25, 0.3) is 5.91 Å². The Morgan fingerprint density at radius 2 is 1.67 bits per heavy atom. The zero-order valence-corrected chi connectivity index (χ0v) is 22.7. The molecule has 0 saturated heterocycles. The zero-order valence-electron chi connectivity index (χ0n) is 22.7. The first kappa shape index (κ1) is 27.3. The fourth-order valence-electron chi connectivity index (χ4n) is 4.15. The molecule has 7 heteroatoms. The second kappa shape index (κ2) is 12.6. The standard InChI is InChI=1S/C29H40N6O/c1-21(2)13-16-34(17-14-22(3)4)29(36)25-20-35-26(8-7-15-33(5)6)28(32-27(35)19-31-25)24-11-9-23(18-30)10-12-24/h9-12,19-22H,7-8,13-17H2,1-6H3. The first-order chi connectivity index (χ1) is 17.2. The average Bonchev–Trinajstić information content (AvgIpc) is 3.21. The lowest BCUT2D eigenvalue weighted by Crippen LogP contribution is -2.34. The Morgan fingerprint density at radius 1 is 1.03 bits per heavy atom. The third-order valence-electron chi connectivity index (χ3n) is 6.37. The number of imidazole rings is 1. The van der Waals surface area contributed by atoms with Crippen LogP contribution in [0.4, 0.5) is 0 Å². The highest BCUT2D eigenvalue weighted by molar-refractivity contribution is 5.92. The molecule has 0 atom stereocenters. The molecule has 3 rings (SSSR count). The number of aromatic nitrogens is 3. The van der Waals surface area contributed by atoms with Crippen LogP contribution in [0, 0.1) is 23.2 Å². The van der Waals surface area contributed by atoms with Gasteiger partial charge in [0, 0.05) is 24.8 Å². The van der Waals surface area contributed by atoms with Crippen LogP contribution in [-0.2, 0) is 6.42 Å². The summed E-state index contributed by atoms with van der Waals surface area (Å²) in [6, 6.07) is 9.69. The molecule has 0 aliphatic rings. The number of rotatable bonds is 12. The maximum Gasteiger partial charge on any atom is 0.273 e. The molecule has 2 aromatic heterocycles. The Hall–Kier alpha value is -3.24. The Bertz CT molecular complexity index is 1170. The molecule has 7 nitrogen and oxygen atoms in total. The third-order valence-corrected chi connectivity index (χ3v) is 6.37. The lowest BCUT2D eigenvalue weighted by atomic mass is 10.1. The maximum atomic E-state index is 13.6. The van der Waals surface area contributed by atoms with Gasteiger partial charge in [0.2, 0.25) is 0 Å². The summed E-state index contributed by atoms with van der Waals surface area (Å²) in [5, 5.41) is 9.18. The maximum absolute atomic E-state index is 13.6. The normalized spacial score (nSPS) is 11.6. The topological polar surface area (TPSA) is 77.5 Å². The molecular formula is C29H40N6O. The monoisotopic (exact) mass is 488 g/mol. The number of fused-ring (bicyclic) bond motifs is 1. The summed E-state index contributed by atoms with van der Waals surface area (Å²) in [5.74, 6) is 1.04. The number of aryl methyl sites for hydroxylation is 1. The fourth-order valence-corrected chi connectivity index (χ4v) is 4.15. The van der Waals surface area contributed by atoms with Gasteiger partial charge < -0.3 is 9.80 Å². The van der Waals surface area contributed by atoms with Crippen LogP contribution in [0.5, 0.6) is 0 Å². The smallest absolute Gasteiger partial charge is 0.273 e. The Labute approximate surface area is 215 Å². The Morgan fingerprint density at radius 3 is 2.22 bits per heavy atom. The lowest BCUT2D eigenvalue weighted by molar-refractivity contribution is 0.0734. The van der Waals surface area contributed by atoms with Gasteiger partial charge in [0.15, 0.2) is 5.65 Å². The summed E-state index contributed by atoms with van der Waals surface area (Å²) in [5.41, 5.74) is 4.69. The average molecular weight is 489 g/mol. The van der Waals surface area contributed by atoms with Crippen LogP contribution in [0.25, 0.3) is 16.9 Å². The van der Waals surface area contributed by atoms with Crippen LogP contribution < -0.4 is 0 Å². The molecule has 0 radical (unpaired) electrons. The molecule has 0 aliphatic carbocycles. The van der Waals surface area contributed by atoms with Gasteiger partial charge in [-0.25, -0.2) is 9.97 Å². The minimum Gasteiger partial charge on any atom is -0.337 e. The van der Waals surface area contributed by atoms with Crippen molar-refractivity contribution in [3.8, 4) is 17.3 Å². The number of amides is 1. The highest BCUT2D eigenvalue weighted by atomic mass is 16.2. The van der Waals surface area contributed by atoms with E-state index in [1.807, 2.05) is 39.8 Å². The molecule has 36 heavy (non-hydrogen) atoms. The number of carbonyl (C=O) groups is 1. The number of nitrogens with zero attached hydrogens (tertiary/aromatic N) is 6. The molecule has 0 bridgehead atoms. The van der Waals surface area contributed by atoms with Gasteiger partial charge in [-0.05, 0) is 70.3 Å². The van der Waals surface area contributed by atoms with E-state index in [0.717, 1.165) is 67.9 Å². The predicted molar refractivity (Wildman–Crippen MR) is 145 cm³/mol. The van der Waals surface area contributed by atoms with Crippen molar-refractivity contribution in [3.05, 3.63) is 53.6 Å². The highest BCUT2D eigenvalue weighted by Gasteiger charge is 2.21. The molecular weight excluding hydrogens is 448 g/mol. The molecule has 0 fully saturated rings. The first-order valence-corrected chi connectivity index (χ1v) is 13.0. The number of benzene rings is 1. The predicted octanol–water partition coefficient (Wildman–Crippen LogP) is 5.30. The minimum atomic E-state index is -0.0222. The number of hydrogen-bond acceptors (Lipinski definition) is 5. The SMILES string of the molecule is CC(C)CCN(CCC(C)C)C(=O)c1cn2c(CCCN(C)C)c(-c3ccc(C#N)cc3)nc2cn1. The number of carbonyl (C=O) groups excluding carboxylic acids is 1.